The first-order chi connectivity index (χ1) is 12.4. The molecule has 138 valence electrons. The number of rotatable bonds is 3. The van der Waals surface area contributed by atoms with Crippen LogP contribution in [-0.4, -0.2) is 36.0 Å². The predicted octanol–water partition coefficient (Wildman–Crippen LogP) is 2.44. The van der Waals surface area contributed by atoms with Gasteiger partial charge in [-0.2, -0.15) is 4.98 Å². The van der Waals surface area contributed by atoms with Gasteiger partial charge in [0, 0.05) is 37.9 Å². The monoisotopic (exact) mass is 354 g/mol. The number of anilines is 2. The number of carbonyl (C=O) groups excluding carboxylic acids is 1. The average molecular weight is 354 g/mol. The number of hydrogen-bond acceptors (Lipinski definition) is 4. The molecule has 1 atom stereocenters. The van der Waals surface area contributed by atoms with Gasteiger partial charge in [-0.25, -0.2) is 4.79 Å². The smallest absolute Gasteiger partial charge is 0.345 e. The number of hydrogen-bond donors (Lipinski definition) is 1. The summed E-state index contributed by atoms with van der Waals surface area (Å²) in [5.41, 5.74) is 4.16. The van der Waals surface area contributed by atoms with E-state index >= 15 is 0 Å². The molecule has 1 aromatic heterocycles. The van der Waals surface area contributed by atoms with Crippen molar-refractivity contribution in [3.8, 4) is 0 Å². The van der Waals surface area contributed by atoms with Gasteiger partial charge in [0.05, 0.1) is 11.4 Å². The molecule has 2 aromatic rings. The van der Waals surface area contributed by atoms with E-state index in [1.165, 1.54) is 0 Å². The molecular formula is C20H26N4O2. The number of aromatic nitrogens is 2. The van der Waals surface area contributed by atoms with Gasteiger partial charge in [0.2, 0.25) is 5.91 Å². The van der Waals surface area contributed by atoms with Crippen LogP contribution in [-0.2, 0) is 11.2 Å². The minimum Gasteiger partial charge on any atom is -0.373 e. The summed E-state index contributed by atoms with van der Waals surface area (Å²) in [5, 5.41) is 0. The molecule has 1 aliphatic rings. The Kier molecular flexibility index (Phi) is 5.11. The summed E-state index contributed by atoms with van der Waals surface area (Å²) in [6, 6.07) is 8.06. The van der Waals surface area contributed by atoms with Gasteiger partial charge in [-0.1, -0.05) is 19.1 Å². The van der Waals surface area contributed by atoms with E-state index in [0.717, 1.165) is 29.2 Å². The Balaban J connectivity index is 1.83. The second kappa shape index (κ2) is 7.32. The summed E-state index contributed by atoms with van der Waals surface area (Å²) in [6.45, 7) is 7.47. The molecule has 0 aliphatic carbocycles. The van der Waals surface area contributed by atoms with E-state index in [4.69, 9.17) is 0 Å². The summed E-state index contributed by atoms with van der Waals surface area (Å²) in [7, 11) is 2.07. The van der Waals surface area contributed by atoms with E-state index in [1.807, 2.05) is 36.9 Å². The van der Waals surface area contributed by atoms with Gasteiger partial charge in [-0.05, 0) is 43.9 Å². The van der Waals surface area contributed by atoms with Crippen molar-refractivity contribution in [3.63, 3.8) is 0 Å². The first-order valence-electron chi connectivity index (χ1n) is 9.03. The van der Waals surface area contributed by atoms with Crippen LogP contribution in [0.5, 0.6) is 0 Å². The summed E-state index contributed by atoms with van der Waals surface area (Å²) in [6.07, 6.45) is 0.962. The Labute approximate surface area is 153 Å². The second-order valence-electron chi connectivity index (χ2n) is 7.21. The van der Waals surface area contributed by atoms with E-state index in [-0.39, 0.29) is 11.6 Å². The molecule has 0 saturated heterocycles. The average Bonchev–Trinajstić information content (AvgIpc) is 2.70. The number of carbonyl (C=O) groups is 1. The molecule has 1 amide bonds. The lowest BCUT2D eigenvalue weighted by molar-refractivity contribution is -0.118. The maximum Gasteiger partial charge on any atom is 0.345 e. The van der Waals surface area contributed by atoms with E-state index < -0.39 is 0 Å². The standard InChI is InChI=1S/C20H26N4O2/c1-13-11-23(4)17-7-5-6-8-18(17)24(12-13)19(25)10-9-16-14(2)21-20(26)22-15(16)3/h5-8,13H,9-12H2,1-4H3,(H,21,22,26)/t13-/m1/s1. The van der Waals surface area contributed by atoms with Gasteiger partial charge in [0.25, 0.3) is 0 Å². The largest absolute Gasteiger partial charge is 0.373 e. The van der Waals surface area contributed by atoms with Crippen LogP contribution in [0, 0.1) is 19.8 Å². The normalized spacial score (nSPS) is 17.0. The first kappa shape index (κ1) is 18.2. The van der Waals surface area contributed by atoms with Crippen LogP contribution in [0.3, 0.4) is 0 Å². The highest BCUT2D eigenvalue weighted by molar-refractivity contribution is 5.97. The van der Waals surface area contributed by atoms with Crippen LogP contribution in [0.2, 0.25) is 0 Å². The molecule has 0 fully saturated rings. The van der Waals surface area contributed by atoms with E-state index in [2.05, 4.69) is 34.9 Å². The fourth-order valence-corrected chi connectivity index (χ4v) is 3.78. The lowest BCUT2D eigenvalue weighted by atomic mass is 10.1. The predicted molar refractivity (Wildman–Crippen MR) is 104 cm³/mol. The van der Waals surface area contributed by atoms with Crippen LogP contribution in [0.15, 0.2) is 29.1 Å². The lowest BCUT2D eigenvalue weighted by Crippen LogP contribution is -2.35. The van der Waals surface area contributed by atoms with E-state index in [1.54, 1.807) is 0 Å². The molecule has 0 bridgehead atoms. The van der Waals surface area contributed by atoms with Crippen molar-refractivity contribution in [3.05, 3.63) is 51.7 Å². The molecule has 0 spiro atoms. The Morgan fingerprint density at radius 2 is 1.92 bits per heavy atom. The maximum absolute atomic E-state index is 13.0. The highest BCUT2D eigenvalue weighted by Gasteiger charge is 2.26. The van der Waals surface area contributed by atoms with Crippen molar-refractivity contribution in [2.75, 3.05) is 29.9 Å². The topological polar surface area (TPSA) is 69.3 Å². The first-order valence-corrected chi connectivity index (χ1v) is 9.03. The molecule has 2 heterocycles. The molecule has 1 N–H and O–H groups in total. The van der Waals surface area contributed by atoms with E-state index in [0.29, 0.717) is 31.0 Å². The van der Waals surface area contributed by atoms with Crippen LogP contribution in [0.4, 0.5) is 11.4 Å². The van der Waals surface area contributed by atoms with Crippen LogP contribution >= 0.6 is 0 Å². The maximum atomic E-state index is 13.0. The number of aromatic amines is 1. The van der Waals surface area contributed by atoms with Crippen molar-refractivity contribution < 1.29 is 4.79 Å². The number of benzene rings is 1. The molecule has 0 radical (unpaired) electrons. The molecule has 26 heavy (non-hydrogen) atoms. The van der Waals surface area contributed by atoms with Crippen LogP contribution < -0.4 is 15.5 Å². The van der Waals surface area contributed by atoms with Crippen molar-refractivity contribution in [1.82, 2.24) is 9.97 Å². The Bertz CT molecular complexity index is 848. The van der Waals surface area contributed by atoms with Crippen LogP contribution in [0.25, 0.3) is 0 Å². The summed E-state index contributed by atoms with van der Waals surface area (Å²) in [5.74, 6) is 0.485. The summed E-state index contributed by atoms with van der Waals surface area (Å²) >= 11 is 0. The Hall–Kier alpha value is -2.63. The molecule has 1 aromatic carbocycles. The molecule has 6 heteroatoms. The number of H-pyrrole nitrogens is 1. The molecule has 1 aliphatic heterocycles. The zero-order chi connectivity index (χ0) is 18.8. The van der Waals surface area contributed by atoms with Gasteiger partial charge >= 0.3 is 5.69 Å². The number of fused-ring (bicyclic) bond motifs is 1. The van der Waals surface area contributed by atoms with Gasteiger partial charge < -0.3 is 14.8 Å². The van der Waals surface area contributed by atoms with Gasteiger partial charge in [-0.3, -0.25) is 4.79 Å². The van der Waals surface area contributed by atoms with Crippen LogP contribution in [0.1, 0.15) is 30.3 Å². The third-order valence-electron chi connectivity index (χ3n) is 5.01. The quantitative estimate of drug-likeness (QED) is 0.919. The fraction of sp³-hybridized carbons (Fsp3) is 0.450. The number of para-hydroxylation sites is 2. The van der Waals surface area contributed by atoms with E-state index in [9.17, 15) is 9.59 Å². The third kappa shape index (κ3) is 3.64. The highest BCUT2D eigenvalue weighted by atomic mass is 16.2. The Morgan fingerprint density at radius 1 is 1.23 bits per heavy atom. The minimum atomic E-state index is -0.339. The zero-order valence-electron chi connectivity index (χ0n) is 15.9. The Morgan fingerprint density at radius 3 is 2.62 bits per heavy atom. The number of nitrogens with one attached hydrogen (secondary N) is 1. The number of nitrogens with zero attached hydrogens (tertiary/aromatic N) is 3. The van der Waals surface area contributed by atoms with Crippen molar-refractivity contribution in [1.29, 1.82) is 0 Å². The highest BCUT2D eigenvalue weighted by Crippen LogP contribution is 2.33. The third-order valence-corrected chi connectivity index (χ3v) is 5.01. The number of aryl methyl sites for hydroxylation is 2. The summed E-state index contributed by atoms with van der Waals surface area (Å²) in [4.78, 5) is 35.3. The SMILES string of the molecule is Cc1nc(=O)[nH]c(C)c1CCC(=O)N1C[C@H](C)CN(C)c2ccccc21. The number of amides is 1. The minimum absolute atomic E-state index is 0.101. The lowest BCUT2D eigenvalue weighted by Gasteiger charge is -2.25. The van der Waals surface area contributed by atoms with Crippen molar-refractivity contribution in [2.24, 2.45) is 5.92 Å². The molecule has 0 saturated carbocycles. The zero-order valence-corrected chi connectivity index (χ0v) is 15.9. The molecular weight excluding hydrogens is 328 g/mol. The van der Waals surface area contributed by atoms with Crippen molar-refractivity contribution >= 4 is 17.3 Å². The van der Waals surface area contributed by atoms with Crippen molar-refractivity contribution in [2.45, 2.75) is 33.6 Å². The van der Waals surface area contributed by atoms with Gasteiger partial charge in [0.15, 0.2) is 0 Å². The van der Waals surface area contributed by atoms with Gasteiger partial charge in [0.1, 0.15) is 0 Å². The molecule has 6 nitrogen and oxygen atoms in total. The summed E-state index contributed by atoms with van der Waals surface area (Å²) < 4.78 is 0. The molecule has 0 unspecified atom stereocenters. The fourth-order valence-electron chi connectivity index (χ4n) is 3.78. The molecule has 3 rings (SSSR count). The van der Waals surface area contributed by atoms with Gasteiger partial charge in [-0.15, -0.1) is 0 Å². The second-order valence-corrected chi connectivity index (χ2v) is 7.21.